The third-order valence-electron chi connectivity index (χ3n) is 5.01. The molecular weight excluding hydrogens is 336 g/mol. The number of nitrogens with zero attached hydrogens (tertiary/aromatic N) is 2. The van der Waals surface area contributed by atoms with Crippen molar-refractivity contribution in [2.75, 3.05) is 19.6 Å². The van der Waals surface area contributed by atoms with E-state index >= 15 is 0 Å². The SMILES string of the molecule is O=C1NC[C@@]2(CCCN(C(=O)c3cc(=O)n(-c4ccccc4)[nH]3)CC2)O1. The topological polar surface area (TPSA) is 96.4 Å². The van der Waals surface area contributed by atoms with Gasteiger partial charge in [0.1, 0.15) is 11.3 Å². The molecule has 2 N–H and O–H groups in total. The summed E-state index contributed by atoms with van der Waals surface area (Å²) >= 11 is 0. The van der Waals surface area contributed by atoms with Crippen LogP contribution in [0.3, 0.4) is 0 Å². The molecule has 0 saturated carbocycles. The van der Waals surface area contributed by atoms with Crippen LogP contribution in [0.4, 0.5) is 4.79 Å². The first-order valence-corrected chi connectivity index (χ1v) is 8.70. The molecule has 2 aliphatic heterocycles. The summed E-state index contributed by atoms with van der Waals surface area (Å²) in [5.41, 5.74) is 0.140. The number of aromatic nitrogens is 2. The molecule has 0 bridgehead atoms. The first-order valence-electron chi connectivity index (χ1n) is 8.70. The number of benzene rings is 1. The molecule has 1 spiro atoms. The second kappa shape index (κ2) is 6.36. The predicted molar refractivity (Wildman–Crippen MR) is 93.4 cm³/mol. The highest BCUT2D eigenvalue weighted by molar-refractivity contribution is 5.92. The summed E-state index contributed by atoms with van der Waals surface area (Å²) in [6.07, 6.45) is 1.65. The number of para-hydroxylation sites is 1. The van der Waals surface area contributed by atoms with Gasteiger partial charge in [0.25, 0.3) is 11.5 Å². The lowest BCUT2D eigenvalue weighted by molar-refractivity contribution is 0.0438. The number of H-pyrrole nitrogens is 1. The maximum absolute atomic E-state index is 12.8. The molecule has 1 aromatic carbocycles. The molecule has 0 unspecified atom stereocenters. The fourth-order valence-electron chi connectivity index (χ4n) is 3.60. The van der Waals surface area contributed by atoms with Crippen LogP contribution in [0, 0.1) is 0 Å². The molecule has 2 fully saturated rings. The fourth-order valence-corrected chi connectivity index (χ4v) is 3.60. The summed E-state index contributed by atoms with van der Waals surface area (Å²) in [6, 6.07) is 10.4. The van der Waals surface area contributed by atoms with Crippen LogP contribution >= 0.6 is 0 Å². The molecule has 2 amide bonds. The summed E-state index contributed by atoms with van der Waals surface area (Å²) in [7, 11) is 0. The first kappa shape index (κ1) is 16.4. The van der Waals surface area contributed by atoms with E-state index in [0.717, 1.165) is 12.8 Å². The number of amides is 2. The van der Waals surface area contributed by atoms with E-state index in [1.165, 1.54) is 10.7 Å². The van der Waals surface area contributed by atoms with Gasteiger partial charge >= 0.3 is 6.09 Å². The molecule has 26 heavy (non-hydrogen) atoms. The van der Waals surface area contributed by atoms with Crippen LogP contribution in [0.25, 0.3) is 5.69 Å². The van der Waals surface area contributed by atoms with Crippen LogP contribution in [0.2, 0.25) is 0 Å². The summed E-state index contributed by atoms with van der Waals surface area (Å²) in [5.74, 6) is -0.217. The Balaban J connectivity index is 1.51. The molecule has 2 saturated heterocycles. The second-order valence-electron chi connectivity index (χ2n) is 6.75. The van der Waals surface area contributed by atoms with Crippen molar-refractivity contribution in [2.24, 2.45) is 0 Å². The number of alkyl carbamates (subject to hydrolysis) is 1. The molecule has 0 aliphatic carbocycles. The number of hydrogen-bond acceptors (Lipinski definition) is 4. The summed E-state index contributed by atoms with van der Waals surface area (Å²) in [5, 5.41) is 5.60. The lowest BCUT2D eigenvalue weighted by Gasteiger charge is -2.24. The molecule has 4 rings (SSSR count). The third kappa shape index (κ3) is 2.98. The number of nitrogens with one attached hydrogen (secondary N) is 2. The Kier molecular flexibility index (Phi) is 4.02. The van der Waals surface area contributed by atoms with E-state index in [1.807, 2.05) is 18.2 Å². The Hall–Kier alpha value is -3.03. The van der Waals surface area contributed by atoms with Gasteiger partial charge in [-0.2, -0.15) is 0 Å². The Bertz CT molecular complexity index is 888. The minimum atomic E-state index is -0.518. The van der Waals surface area contributed by atoms with Crippen molar-refractivity contribution in [3.63, 3.8) is 0 Å². The van der Waals surface area contributed by atoms with Crippen molar-refractivity contribution in [2.45, 2.75) is 24.9 Å². The number of likely N-dealkylation sites (tertiary alicyclic amines) is 1. The number of rotatable bonds is 2. The molecule has 2 aromatic rings. The van der Waals surface area contributed by atoms with Gasteiger partial charge in [0, 0.05) is 25.6 Å². The minimum Gasteiger partial charge on any atom is -0.441 e. The van der Waals surface area contributed by atoms with E-state index < -0.39 is 11.7 Å². The molecule has 8 nitrogen and oxygen atoms in total. The second-order valence-corrected chi connectivity index (χ2v) is 6.75. The standard InChI is InChI=1S/C18H20N4O4/c23-15-11-14(20-22(15)13-5-2-1-3-6-13)16(24)21-9-4-7-18(8-10-21)12-19-17(25)26-18/h1-3,5-6,11,20H,4,7-10,12H2,(H,19,25)/t18-/m0/s1. The molecule has 136 valence electrons. The highest BCUT2D eigenvalue weighted by Gasteiger charge is 2.42. The van der Waals surface area contributed by atoms with E-state index in [-0.39, 0.29) is 17.2 Å². The van der Waals surface area contributed by atoms with Gasteiger partial charge in [-0.1, -0.05) is 18.2 Å². The number of aromatic amines is 1. The smallest absolute Gasteiger partial charge is 0.407 e. The Labute approximate surface area is 149 Å². The molecule has 1 atom stereocenters. The van der Waals surface area contributed by atoms with Crippen molar-refractivity contribution in [3.8, 4) is 5.69 Å². The van der Waals surface area contributed by atoms with Crippen LogP contribution in [-0.4, -0.2) is 51.9 Å². The highest BCUT2D eigenvalue weighted by Crippen LogP contribution is 2.29. The van der Waals surface area contributed by atoms with Crippen molar-refractivity contribution >= 4 is 12.0 Å². The van der Waals surface area contributed by atoms with Gasteiger partial charge in [-0.05, 0) is 25.0 Å². The largest absolute Gasteiger partial charge is 0.441 e. The predicted octanol–water partition coefficient (Wildman–Crippen LogP) is 1.27. The summed E-state index contributed by atoms with van der Waals surface area (Å²) < 4.78 is 6.79. The van der Waals surface area contributed by atoms with Crippen molar-refractivity contribution in [1.29, 1.82) is 0 Å². The average Bonchev–Trinajstić information content (AvgIpc) is 3.14. The molecular formula is C18H20N4O4. The van der Waals surface area contributed by atoms with Crippen LogP contribution < -0.4 is 10.9 Å². The number of hydrogen-bond donors (Lipinski definition) is 2. The lowest BCUT2D eigenvalue weighted by Crippen LogP contribution is -2.36. The Morgan fingerprint density at radius 2 is 1.92 bits per heavy atom. The Morgan fingerprint density at radius 3 is 2.65 bits per heavy atom. The van der Waals surface area contributed by atoms with E-state index in [4.69, 9.17) is 4.74 Å². The monoisotopic (exact) mass is 356 g/mol. The fraction of sp³-hybridized carbons (Fsp3) is 0.389. The lowest BCUT2D eigenvalue weighted by atomic mass is 9.95. The van der Waals surface area contributed by atoms with Gasteiger partial charge < -0.3 is 15.0 Å². The zero-order valence-electron chi connectivity index (χ0n) is 14.2. The van der Waals surface area contributed by atoms with Gasteiger partial charge in [-0.3, -0.25) is 14.7 Å². The first-order chi connectivity index (χ1) is 12.6. The normalized spacial score (nSPS) is 22.8. The van der Waals surface area contributed by atoms with E-state index in [9.17, 15) is 14.4 Å². The maximum atomic E-state index is 12.8. The maximum Gasteiger partial charge on any atom is 0.407 e. The molecule has 1 aromatic heterocycles. The van der Waals surface area contributed by atoms with Crippen LogP contribution in [-0.2, 0) is 4.74 Å². The number of ether oxygens (including phenoxy) is 1. The highest BCUT2D eigenvalue weighted by atomic mass is 16.6. The summed E-state index contributed by atoms with van der Waals surface area (Å²) in [4.78, 5) is 38.2. The zero-order valence-corrected chi connectivity index (χ0v) is 14.2. The van der Waals surface area contributed by atoms with Crippen molar-refractivity contribution in [3.05, 3.63) is 52.4 Å². The zero-order chi connectivity index (χ0) is 18.1. The van der Waals surface area contributed by atoms with Crippen molar-refractivity contribution < 1.29 is 14.3 Å². The van der Waals surface area contributed by atoms with Gasteiger partial charge in [-0.15, -0.1) is 0 Å². The number of carbonyl (C=O) groups excluding carboxylic acids is 2. The van der Waals surface area contributed by atoms with E-state index in [2.05, 4.69) is 10.4 Å². The van der Waals surface area contributed by atoms with E-state index in [0.29, 0.717) is 31.7 Å². The molecule has 3 heterocycles. The average molecular weight is 356 g/mol. The summed E-state index contributed by atoms with van der Waals surface area (Å²) in [6.45, 7) is 1.53. The van der Waals surface area contributed by atoms with Crippen LogP contribution in [0.5, 0.6) is 0 Å². The molecule has 0 radical (unpaired) electrons. The molecule has 2 aliphatic rings. The minimum absolute atomic E-state index is 0.217. The van der Waals surface area contributed by atoms with Gasteiger partial charge in [0.2, 0.25) is 0 Å². The van der Waals surface area contributed by atoms with Gasteiger partial charge in [0.15, 0.2) is 0 Å². The van der Waals surface area contributed by atoms with Crippen LogP contribution in [0.1, 0.15) is 29.8 Å². The third-order valence-corrected chi connectivity index (χ3v) is 5.01. The molecule has 8 heteroatoms. The van der Waals surface area contributed by atoms with Crippen molar-refractivity contribution in [1.82, 2.24) is 20.0 Å². The van der Waals surface area contributed by atoms with Gasteiger partial charge in [-0.25, -0.2) is 9.48 Å². The quantitative estimate of drug-likeness (QED) is 0.847. The van der Waals surface area contributed by atoms with E-state index in [1.54, 1.807) is 17.0 Å². The van der Waals surface area contributed by atoms with Gasteiger partial charge in [0.05, 0.1) is 12.2 Å². The Morgan fingerprint density at radius 1 is 1.12 bits per heavy atom. The van der Waals surface area contributed by atoms with Crippen LogP contribution in [0.15, 0.2) is 41.2 Å². The number of carbonyl (C=O) groups is 2.